The summed E-state index contributed by atoms with van der Waals surface area (Å²) in [5, 5.41) is 5.04. The average molecular weight is 254 g/mol. The molecule has 1 aromatic heterocycles. The lowest BCUT2D eigenvalue weighted by Crippen LogP contribution is -2.32. The van der Waals surface area contributed by atoms with E-state index in [1.807, 2.05) is 13.8 Å². The highest BCUT2D eigenvalue weighted by atomic mass is 32.2. The van der Waals surface area contributed by atoms with Crippen LogP contribution in [0.25, 0.3) is 0 Å². The van der Waals surface area contributed by atoms with Crippen LogP contribution < -0.4 is 5.32 Å². The van der Waals surface area contributed by atoms with E-state index in [1.54, 1.807) is 11.8 Å². The molecule has 3 atom stereocenters. The van der Waals surface area contributed by atoms with Crippen molar-refractivity contribution in [3.05, 3.63) is 11.5 Å². The zero-order valence-corrected chi connectivity index (χ0v) is 11.9. The quantitative estimate of drug-likeness (QED) is 0.895. The highest BCUT2D eigenvalue weighted by Gasteiger charge is 2.33. The first kappa shape index (κ1) is 13.0. The van der Waals surface area contributed by atoms with Gasteiger partial charge in [0.2, 0.25) is 0 Å². The molecule has 3 nitrogen and oxygen atoms in total. The predicted molar refractivity (Wildman–Crippen MR) is 71.5 cm³/mol. The maximum atomic E-state index is 5.65. The van der Waals surface area contributed by atoms with Gasteiger partial charge in [-0.1, -0.05) is 25.6 Å². The normalized spacial score (nSPS) is 28.8. The van der Waals surface area contributed by atoms with Crippen LogP contribution in [0.3, 0.4) is 0 Å². The molecule has 1 fully saturated rings. The van der Waals surface area contributed by atoms with Crippen LogP contribution in [0.4, 0.5) is 0 Å². The van der Waals surface area contributed by atoms with Crippen molar-refractivity contribution in [3.63, 3.8) is 0 Å². The molecule has 0 aromatic carbocycles. The number of nitrogens with one attached hydrogen (secondary N) is 1. The molecule has 0 spiro atoms. The molecule has 3 unspecified atom stereocenters. The summed E-state index contributed by atoms with van der Waals surface area (Å²) >= 11 is 1.81. The van der Waals surface area contributed by atoms with Gasteiger partial charge in [0.25, 0.3) is 5.22 Å². The van der Waals surface area contributed by atoms with E-state index < -0.39 is 0 Å². The van der Waals surface area contributed by atoms with Crippen molar-refractivity contribution in [1.82, 2.24) is 10.3 Å². The van der Waals surface area contributed by atoms with Crippen molar-refractivity contribution in [3.8, 4) is 0 Å². The van der Waals surface area contributed by atoms with Gasteiger partial charge in [-0.05, 0) is 39.2 Å². The Morgan fingerprint density at radius 3 is 2.76 bits per heavy atom. The molecule has 0 bridgehead atoms. The molecule has 1 saturated carbocycles. The van der Waals surface area contributed by atoms with Gasteiger partial charge in [-0.25, -0.2) is 4.98 Å². The third kappa shape index (κ3) is 2.86. The molecule has 1 aliphatic carbocycles. The van der Waals surface area contributed by atoms with Gasteiger partial charge in [0, 0.05) is 11.3 Å². The van der Waals surface area contributed by atoms with E-state index in [0.29, 0.717) is 17.2 Å². The molecule has 4 heteroatoms. The summed E-state index contributed by atoms with van der Waals surface area (Å²) in [6.07, 6.45) is 2.52. The van der Waals surface area contributed by atoms with Crippen LogP contribution >= 0.6 is 11.8 Å². The Morgan fingerprint density at radius 2 is 2.18 bits per heavy atom. The second-order valence-electron chi connectivity index (χ2n) is 4.88. The molecule has 17 heavy (non-hydrogen) atoms. The van der Waals surface area contributed by atoms with E-state index >= 15 is 0 Å². The number of aryl methyl sites for hydroxylation is 2. The van der Waals surface area contributed by atoms with Crippen molar-refractivity contribution in [2.75, 3.05) is 6.54 Å². The van der Waals surface area contributed by atoms with E-state index in [2.05, 4.69) is 24.1 Å². The molecular formula is C13H22N2OS. The van der Waals surface area contributed by atoms with Gasteiger partial charge < -0.3 is 9.73 Å². The summed E-state index contributed by atoms with van der Waals surface area (Å²) in [5.41, 5.74) is 1.02. The first-order valence-corrected chi connectivity index (χ1v) is 7.33. The van der Waals surface area contributed by atoms with Crippen molar-refractivity contribution < 1.29 is 4.42 Å². The molecule has 0 aliphatic heterocycles. The highest BCUT2D eigenvalue weighted by molar-refractivity contribution is 7.99. The standard InChI is InChI=1S/C13H22N2OS/c1-5-14-11-6-7-12(8(11)2)17-13-15-9(3)10(4)16-13/h8,11-12,14H,5-7H2,1-4H3. The van der Waals surface area contributed by atoms with E-state index in [1.165, 1.54) is 12.8 Å². The Hall–Kier alpha value is -0.480. The molecule has 96 valence electrons. The van der Waals surface area contributed by atoms with Gasteiger partial charge >= 0.3 is 0 Å². The Kier molecular flexibility index (Phi) is 4.15. The van der Waals surface area contributed by atoms with E-state index in [-0.39, 0.29) is 0 Å². The minimum absolute atomic E-state index is 0.636. The Bertz CT molecular complexity index is 358. The highest BCUT2D eigenvalue weighted by Crippen LogP contribution is 2.38. The second kappa shape index (κ2) is 5.44. The van der Waals surface area contributed by atoms with Gasteiger partial charge in [0.05, 0.1) is 5.69 Å². The van der Waals surface area contributed by atoms with Crippen molar-refractivity contribution in [2.45, 2.75) is 57.1 Å². The predicted octanol–water partition coefficient (Wildman–Crippen LogP) is 3.16. The zero-order valence-electron chi connectivity index (χ0n) is 11.1. The average Bonchev–Trinajstić information content (AvgIpc) is 2.77. The van der Waals surface area contributed by atoms with Gasteiger partial charge in [0.15, 0.2) is 0 Å². The van der Waals surface area contributed by atoms with Crippen LogP contribution in [0.15, 0.2) is 9.64 Å². The third-order valence-electron chi connectivity index (χ3n) is 3.71. The van der Waals surface area contributed by atoms with Gasteiger partial charge in [-0.3, -0.25) is 0 Å². The van der Waals surface area contributed by atoms with Crippen LogP contribution in [-0.4, -0.2) is 22.8 Å². The number of hydrogen-bond donors (Lipinski definition) is 1. The van der Waals surface area contributed by atoms with Gasteiger partial charge in [-0.15, -0.1) is 0 Å². The Labute approximate surface area is 108 Å². The molecule has 0 saturated heterocycles. The minimum atomic E-state index is 0.636. The molecule has 0 radical (unpaired) electrons. The lowest BCUT2D eigenvalue weighted by Gasteiger charge is -2.19. The zero-order chi connectivity index (χ0) is 12.4. The monoisotopic (exact) mass is 254 g/mol. The van der Waals surface area contributed by atoms with E-state index in [9.17, 15) is 0 Å². The maximum absolute atomic E-state index is 5.65. The minimum Gasteiger partial charge on any atom is -0.437 e. The second-order valence-corrected chi connectivity index (χ2v) is 6.07. The summed E-state index contributed by atoms with van der Waals surface area (Å²) in [6, 6.07) is 0.662. The topological polar surface area (TPSA) is 38.1 Å². The summed E-state index contributed by atoms with van der Waals surface area (Å²) in [7, 11) is 0. The van der Waals surface area contributed by atoms with Crippen molar-refractivity contribution in [2.24, 2.45) is 5.92 Å². The van der Waals surface area contributed by atoms with Crippen LogP contribution in [0.2, 0.25) is 0 Å². The summed E-state index contributed by atoms with van der Waals surface area (Å²) < 4.78 is 5.65. The fraction of sp³-hybridized carbons (Fsp3) is 0.769. The number of nitrogens with zero attached hydrogens (tertiary/aromatic N) is 1. The van der Waals surface area contributed by atoms with Crippen molar-refractivity contribution >= 4 is 11.8 Å². The fourth-order valence-electron chi connectivity index (χ4n) is 2.47. The van der Waals surface area contributed by atoms with Crippen LogP contribution in [0, 0.1) is 19.8 Å². The van der Waals surface area contributed by atoms with Crippen LogP contribution in [-0.2, 0) is 0 Å². The molecule has 1 N–H and O–H groups in total. The van der Waals surface area contributed by atoms with Crippen molar-refractivity contribution in [1.29, 1.82) is 0 Å². The number of thioether (sulfide) groups is 1. The molecule has 1 heterocycles. The van der Waals surface area contributed by atoms with Gasteiger partial charge in [-0.2, -0.15) is 0 Å². The van der Waals surface area contributed by atoms with Crippen LogP contribution in [0.5, 0.6) is 0 Å². The molecule has 1 aliphatic rings. The summed E-state index contributed by atoms with van der Waals surface area (Å²) in [4.78, 5) is 4.46. The number of aromatic nitrogens is 1. The third-order valence-corrected chi connectivity index (χ3v) is 5.05. The van der Waals surface area contributed by atoms with E-state index in [0.717, 1.165) is 23.2 Å². The SMILES string of the molecule is CCNC1CCC(Sc2nc(C)c(C)o2)C1C. The largest absolute Gasteiger partial charge is 0.437 e. The lowest BCUT2D eigenvalue weighted by atomic mass is 10.1. The summed E-state index contributed by atoms with van der Waals surface area (Å²) in [5.74, 6) is 1.63. The Balaban J connectivity index is 1.96. The molecule has 1 aromatic rings. The van der Waals surface area contributed by atoms with Crippen LogP contribution in [0.1, 0.15) is 38.1 Å². The molecular weight excluding hydrogens is 232 g/mol. The van der Waals surface area contributed by atoms with Gasteiger partial charge in [0.1, 0.15) is 5.76 Å². The summed E-state index contributed by atoms with van der Waals surface area (Å²) in [6.45, 7) is 9.55. The smallest absolute Gasteiger partial charge is 0.256 e. The molecule has 0 amide bonds. The maximum Gasteiger partial charge on any atom is 0.256 e. The van der Waals surface area contributed by atoms with E-state index in [4.69, 9.17) is 4.42 Å². The first-order chi connectivity index (χ1) is 8.11. The lowest BCUT2D eigenvalue weighted by molar-refractivity contribution is 0.422. The Morgan fingerprint density at radius 1 is 1.41 bits per heavy atom. The number of rotatable bonds is 4. The first-order valence-electron chi connectivity index (χ1n) is 6.46. The fourth-order valence-corrected chi connectivity index (χ4v) is 3.75. The number of hydrogen-bond acceptors (Lipinski definition) is 4. The molecule has 2 rings (SSSR count). The number of oxazole rings is 1.